The van der Waals surface area contributed by atoms with E-state index in [2.05, 4.69) is 62.8 Å². The lowest BCUT2D eigenvalue weighted by molar-refractivity contribution is -0.135. The topological polar surface area (TPSA) is 382 Å². The fourth-order valence-electron chi connectivity index (χ4n) is 8.52. The number of fused-ring (bicyclic) bond motifs is 1. The molecule has 1 aliphatic heterocycles. The molecule has 0 spiro atoms. The predicted molar refractivity (Wildman–Crippen MR) is 298 cm³/mol. The Morgan fingerprint density at radius 3 is 1.90 bits per heavy atom. The van der Waals surface area contributed by atoms with Gasteiger partial charge in [0.1, 0.15) is 48.3 Å². The molecule has 16 N–H and O–H groups in total. The van der Waals surface area contributed by atoms with Crippen molar-refractivity contribution in [2.24, 2.45) is 11.5 Å². The van der Waals surface area contributed by atoms with E-state index < -0.39 is 101 Å². The zero-order chi connectivity index (χ0) is 56.6. The Bertz CT molecular complexity index is 2670. The number of hydrogen-bond acceptors (Lipinski definition) is 13. The first-order valence-corrected chi connectivity index (χ1v) is 28.5. The minimum absolute atomic E-state index is 0.0521. The van der Waals surface area contributed by atoms with Crippen molar-refractivity contribution in [3.05, 3.63) is 90.1 Å². The number of aromatic amines is 2. The minimum atomic E-state index is -1.42. The van der Waals surface area contributed by atoms with Gasteiger partial charge in [-0.2, -0.15) is 0 Å². The Morgan fingerprint density at radius 1 is 0.692 bits per heavy atom. The number of benzene rings is 2. The summed E-state index contributed by atoms with van der Waals surface area (Å²) < 4.78 is 0. The number of primary amides is 1. The number of H-pyrrole nitrogens is 2. The van der Waals surface area contributed by atoms with Crippen LogP contribution in [0.5, 0.6) is 0 Å². The quantitative estimate of drug-likeness (QED) is 0.0246. The van der Waals surface area contributed by atoms with Crippen LogP contribution in [0.15, 0.2) is 73.3 Å². The lowest BCUT2D eigenvalue weighted by Gasteiger charge is -2.28. The van der Waals surface area contributed by atoms with Gasteiger partial charge < -0.3 is 69.3 Å². The summed E-state index contributed by atoms with van der Waals surface area (Å²) in [6, 6.07) is 5.74. The van der Waals surface area contributed by atoms with Crippen molar-refractivity contribution in [1.29, 1.82) is 5.41 Å². The number of amides is 9. The minimum Gasteiger partial charge on any atom is -0.370 e. The number of carbonyl (C=O) groups is 9. The number of aromatic nitrogens is 3. The van der Waals surface area contributed by atoms with Gasteiger partial charge in [-0.1, -0.05) is 110 Å². The summed E-state index contributed by atoms with van der Waals surface area (Å²) in [5, 5.41) is 33.1. The van der Waals surface area contributed by atoms with Crippen molar-refractivity contribution in [1.82, 2.24) is 62.8 Å². The number of unbranched alkanes of at least 4 members (excludes halogenated alkanes) is 2. The first-order chi connectivity index (χ1) is 37.5. The van der Waals surface area contributed by atoms with Crippen LogP contribution in [0.4, 0.5) is 0 Å². The third kappa shape index (κ3) is 19.8. The van der Waals surface area contributed by atoms with Crippen LogP contribution in [0.3, 0.4) is 0 Å². The predicted octanol–water partition coefficient (Wildman–Crippen LogP) is 0.341. The Labute approximate surface area is 460 Å². The molecule has 5 rings (SSSR count). The summed E-state index contributed by atoms with van der Waals surface area (Å²) in [7, 11) is 2.11. The normalized spacial score (nSPS) is 21.8. The standard InChI is InChI=1S/C52H73N15O9S2/c1-4-6-17-36(60-30(3)68)45(70)67-43-28-78-77-27-42(44(53)69)66-47(72)37(18-7-5-2)61-49(74)40(23-32-25-58-35-19-12-11-16-34(32)35)64-46(71)38(20-13-21-57-52(54)55)62-48(73)39(22-31-14-9-8-10-15-31)63-50(75)41(65-51(43)76)24-33-26-56-29-59-33/h8-12,14-16,19,25-26,29,36-43,58H,4-7,13,17-18,20-24,27-28H2,1-3H3,(H2,53,69)(H,56,59)(H,60,68)(H,61,74)(H,62,73)(H,63,75)(H,64,71)(H,65,76)(H,66,72)(H,67,70)(H4,54,55,57)/t36-,37-,38-,39+,40+,41-,42-,43-/m0/s1. The third-order valence-corrected chi connectivity index (χ3v) is 15.2. The van der Waals surface area contributed by atoms with E-state index in [9.17, 15) is 43.2 Å². The van der Waals surface area contributed by atoms with Crippen LogP contribution in [-0.2, 0) is 62.4 Å². The van der Waals surface area contributed by atoms with Gasteiger partial charge in [0.05, 0.1) is 12.0 Å². The van der Waals surface area contributed by atoms with Crippen molar-refractivity contribution in [2.45, 2.75) is 140 Å². The molecule has 1 saturated heterocycles. The highest BCUT2D eigenvalue weighted by atomic mass is 33.1. The summed E-state index contributed by atoms with van der Waals surface area (Å²) in [5.74, 6) is -7.35. The SMILES string of the molecule is CCCC[C@H](NC(C)=O)C(=O)N[C@H]1CSSC[C@@H](C(N)=O)NC(=O)[C@H](CCCC)NC(=O)[C@@H](Cc2c[nH]c3ccccc23)NC(=O)[C@H](CCCNC(=N)N)NC(=O)[C@@H](Cc2ccccc2)NC(=O)[C@H](Cc2c[nH]cn2)NC1=O. The molecular weight excluding hydrogens is 1040 g/mol. The van der Waals surface area contributed by atoms with Crippen molar-refractivity contribution in [3.63, 3.8) is 0 Å². The molecule has 0 saturated carbocycles. The van der Waals surface area contributed by atoms with Gasteiger partial charge in [0, 0.05) is 67.5 Å². The lowest BCUT2D eigenvalue weighted by Crippen LogP contribution is -2.61. The van der Waals surface area contributed by atoms with Crippen LogP contribution < -0.4 is 59.3 Å². The van der Waals surface area contributed by atoms with E-state index >= 15 is 0 Å². The monoisotopic (exact) mass is 1120 g/mol. The second-order valence-electron chi connectivity index (χ2n) is 18.9. The van der Waals surface area contributed by atoms with Crippen molar-refractivity contribution >= 4 is 91.6 Å². The van der Waals surface area contributed by atoms with Crippen LogP contribution in [0.1, 0.15) is 89.0 Å². The zero-order valence-corrected chi connectivity index (χ0v) is 45.7. The average Bonchev–Trinajstić information content (AvgIpc) is 4.10. The van der Waals surface area contributed by atoms with Gasteiger partial charge in [0.2, 0.25) is 53.2 Å². The zero-order valence-electron chi connectivity index (χ0n) is 44.0. The number of nitrogens with two attached hydrogens (primary N) is 2. The van der Waals surface area contributed by atoms with E-state index in [0.717, 1.165) is 32.5 Å². The molecule has 0 unspecified atom stereocenters. The van der Waals surface area contributed by atoms with E-state index in [1.165, 1.54) is 19.4 Å². The molecule has 2 aromatic heterocycles. The molecule has 0 bridgehead atoms. The molecule has 4 aromatic rings. The lowest BCUT2D eigenvalue weighted by atomic mass is 10.0. The summed E-state index contributed by atoms with van der Waals surface area (Å²) in [5.41, 5.74) is 13.8. The maximum absolute atomic E-state index is 14.8. The molecule has 9 amide bonds. The molecule has 0 radical (unpaired) electrons. The van der Waals surface area contributed by atoms with Crippen LogP contribution in [0, 0.1) is 5.41 Å². The van der Waals surface area contributed by atoms with E-state index in [4.69, 9.17) is 16.9 Å². The van der Waals surface area contributed by atoms with Crippen molar-refractivity contribution in [2.75, 3.05) is 18.1 Å². The number of rotatable bonds is 20. The van der Waals surface area contributed by atoms with Crippen LogP contribution in [0.2, 0.25) is 0 Å². The Hall–Kier alpha value is -7.61. The number of para-hydroxylation sites is 1. The van der Waals surface area contributed by atoms with Crippen LogP contribution in [0.25, 0.3) is 10.9 Å². The van der Waals surface area contributed by atoms with Crippen LogP contribution >= 0.6 is 21.6 Å². The highest BCUT2D eigenvalue weighted by Crippen LogP contribution is 2.24. The molecule has 78 heavy (non-hydrogen) atoms. The number of hydrogen-bond donors (Lipinski definition) is 14. The molecule has 1 fully saturated rings. The molecule has 26 heteroatoms. The first kappa shape index (κ1) is 61.2. The summed E-state index contributed by atoms with van der Waals surface area (Å²) in [4.78, 5) is 137. The maximum Gasteiger partial charge on any atom is 0.244 e. The Kier molecular flexibility index (Phi) is 24.8. The Balaban J connectivity index is 1.60. The van der Waals surface area contributed by atoms with Gasteiger partial charge in [-0.25, -0.2) is 4.98 Å². The second-order valence-corrected chi connectivity index (χ2v) is 21.5. The van der Waals surface area contributed by atoms with Gasteiger partial charge in [-0.05, 0) is 42.9 Å². The van der Waals surface area contributed by atoms with Gasteiger partial charge in [-0.15, -0.1) is 0 Å². The van der Waals surface area contributed by atoms with Gasteiger partial charge in [-0.3, -0.25) is 48.6 Å². The van der Waals surface area contributed by atoms with E-state index in [0.29, 0.717) is 42.5 Å². The van der Waals surface area contributed by atoms with Crippen molar-refractivity contribution < 1.29 is 43.2 Å². The second kappa shape index (κ2) is 31.6. The first-order valence-electron chi connectivity index (χ1n) is 26.0. The number of guanidine groups is 1. The van der Waals surface area contributed by atoms with Gasteiger partial charge in [0.25, 0.3) is 0 Å². The fourth-order valence-corrected chi connectivity index (χ4v) is 10.9. The largest absolute Gasteiger partial charge is 0.370 e. The smallest absolute Gasteiger partial charge is 0.244 e. The van der Waals surface area contributed by atoms with E-state index in [1.54, 1.807) is 36.5 Å². The number of nitrogens with zero attached hydrogens (tertiary/aromatic N) is 1. The number of imidazole rings is 1. The summed E-state index contributed by atoms with van der Waals surface area (Å²) >= 11 is 0. The molecule has 3 heterocycles. The summed E-state index contributed by atoms with van der Waals surface area (Å²) in [6.07, 6.45) is 7.17. The maximum atomic E-state index is 14.8. The number of carbonyl (C=O) groups excluding carboxylic acids is 9. The summed E-state index contributed by atoms with van der Waals surface area (Å²) in [6.45, 7) is 5.20. The Morgan fingerprint density at radius 2 is 1.27 bits per heavy atom. The number of nitrogens with one attached hydrogen (secondary N) is 12. The third-order valence-electron chi connectivity index (χ3n) is 12.7. The highest BCUT2D eigenvalue weighted by molar-refractivity contribution is 8.76. The molecular formula is C52H73N15O9S2. The van der Waals surface area contributed by atoms with Gasteiger partial charge in [0.15, 0.2) is 5.96 Å². The molecule has 0 aliphatic carbocycles. The highest BCUT2D eigenvalue weighted by Gasteiger charge is 2.36. The molecule has 422 valence electrons. The average molecular weight is 1120 g/mol. The van der Waals surface area contributed by atoms with Crippen LogP contribution in [-0.4, -0.2) is 140 Å². The fraction of sp³-hybridized carbons (Fsp3) is 0.481. The van der Waals surface area contributed by atoms with Crippen molar-refractivity contribution in [3.8, 4) is 0 Å². The van der Waals surface area contributed by atoms with E-state index in [1.807, 2.05) is 38.1 Å². The molecule has 8 atom stereocenters. The molecule has 1 aliphatic rings. The van der Waals surface area contributed by atoms with Gasteiger partial charge >= 0.3 is 0 Å². The molecule has 2 aromatic carbocycles. The van der Waals surface area contributed by atoms with E-state index in [-0.39, 0.29) is 69.0 Å². The molecule has 24 nitrogen and oxygen atoms in total.